The molecule has 1 amide bonds. The molecule has 1 aliphatic heterocycles. The van der Waals surface area contributed by atoms with E-state index in [4.69, 9.17) is 9.51 Å². The second-order valence-electron chi connectivity index (χ2n) is 7.62. The fourth-order valence-corrected chi connectivity index (χ4v) is 4.51. The lowest BCUT2D eigenvalue weighted by molar-refractivity contribution is 0.0592. The smallest absolute Gasteiger partial charge is 0.292 e. The van der Waals surface area contributed by atoms with E-state index in [2.05, 4.69) is 10.1 Å². The van der Waals surface area contributed by atoms with Crippen LogP contribution < -0.4 is 5.56 Å². The van der Waals surface area contributed by atoms with Crippen molar-refractivity contribution in [2.75, 3.05) is 13.1 Å². The quantitative estimate of drug-likeness (QED) is 0.742. The number of nitrogens with zero attached hydrogens (tertiary/aromatic N) is 3. The molecule has 28 heavy (non-hydrogen) atoms. The summed E-state index contributed by atoms with van der Waals surface area (Å²) in [7, 11) is 0. The van der Waals surface area contributed by atoms with Crippen molar-refractivity contribution in [1.82, 2.24) is 20.0 Å². The van der Waals surface area contributed by atoms with Gasteiger partial charge in [-0.1, -0.05) is 30.3 Å². The number of fused-ring (bicyclic) bond motifs is 2. The van der Waals surface area contributed by atoms with Gasteiger partial charge in [0.2, 0.25) is 5.76 Å². The molecule has 1 aliphatic carbocycles. The van der Waals surface area contributed by atoms with Crippen molar-refractivity contribution in [2.24, 2.45) is 0 Å². The highest BCUT2D eigenvalue weighted by Gasteiger charge is 2.45. The van der Waals surface area contributed by atoms with E-state index >= 15 is 0 Å². The van der Waals surface area contributed by atoms with Crippen LogP contribution in [-0.2, 0) is 11.8 Å². The molecule has 0 saturated carbocycles. The van der Waals surface area contributed by atoms with E-state index in [1.54, 1.807) is 4.90 Å². The van der Waals surface area contributed by atoms with Gasteiger partial charge < -0.3 is 9.42 Å². The fraction of sp³-hybridized carbons (Fsp3) is 0.333. The lowest BCUT2D eigenvalue weighted by Crippen LogP contribution is -2.48. The second-order valence-corrected chi connectivity index (χ2v) is 7.62. The normalized spacial score (nSPS) is 21.1. The number of likely N-dealkylation sites (tertiary alicyclic amines) is 1. The lowest BCUT2D eigenvalue weighted by atomic mass is 9.77. The maximum atomic E-state index is 12.8. The molecule has 7 heteroatoms. The molecule has 1 unspecified atom stereocenters. The van der Waals surface area contributed by atoms with Gasteiger partial charge in [0.1, 0.15) is 0 Å². The maximum absolute atomic E-state index is 12.8. The zero-order chi connectivity index (χ0) is 19.1. The number of rotatable bonds is 2. The molecule has 0 radical (unpaired) electrons. The summed E-state index contributed by atoms with van der Waals surface area (Å²) in [4.78, 5) is 35.4. The van der Waals surface area contributed by atoms with Crippen LogP contribution in [0.5, 0.6) is 0 Å². The molecular weight excluding hydrogens is 356 g/mol. The zero-order valence-electron chi connectivity index (χ0n) is 15.4. The molecule has 1 spiro atoms. The standard InChI is InChI=1S/C21H20N4O3/c26-17-11-16(28-24-17)20(27)25-10-4-8-21(13-25)9-7-15-12-22-19(23-18(15)21)14-5-2-1-3-6-14/h1-3,5-6,11-12H,4,7-10,13H2,(H,24,26). The topological polar surface area (TPSA) is 92.1 Å². The minimum atomic E-state index is -0.401. The van der Waals surface area contributed by atoms with E-state index in [1.807, 2.05) is 36.5 Å². The molecule has 1 N–H and O–H groups in total. The molecule has 142 valence electrons. The van der Waals surface area contributed by atoms with Crippen LogP contribution in [0.25, 0.3) is 11.4 Å². The third-order valence-corrected chi connectivity index (χ3v) is 5.87. The van der Waals surface area contributed by atoms with Gasteiger partial charge in [-0.05, 0) is 31.2 Å². The molecular formula is C21H20N4O3. The number of aryl methyl sites for hydroxylation is 1. The van der Waals surface area contributed by atoms with E-state index in [1.165, 1.54) is 11.6 Å². The van der Waals surface area contributed by atoms with Gasteiger partial charge in [0.15, 0.2) is 5.82 Å². The van der Waals surface area contributed by atoms with Crippen LogP contribution in [0.4, 0.5) is 0 Å². The monoisotopic (exact) mass is 376 g/mol. The van der Waals surface area contributed by atoms with E-state index in [0.717, 1.165) is 42.8 Å². The fourth-order valence-electron chi connectivity index (χ4n) is 4.51. The number of aromatic nitrogens is 3. The summed E-state index contributed by atoms with van der Waals surface area (Å²) in [5.41, 5.74) is 2.66. The van der Waals surface area contributed by atoms with Crippen molar-refractivity contribution in [3.63, 3.8) is 0 Å². The first kappa shape index (κ1) is 16.9. The molecule has 2 aliphatic rings. The average molecular weight is 376 g/mol. The van der Waals surface area contributed by atoms with Crippen LogP contribution >= 0.6 is 0 Å². The Kier molecular flexibility index (Phi) is 3.89. The molecule has 0 bridgehead atoms. The molecule has 3 aromatic rings. The van der Waals surface area contributed by atoms with Crippen molar-refractivity contribution in [3.05, 3.63) is 70.0 Å². The van der Waals surface area contributed by atoms with Gasteiger partial charge in [-0.15, -0.1) is 0 Å². The predicted molar refractivity (Wildman–Crippen MR) is 102 cm³/mol. The molecule has 7 nitrogen and oxygen atoms in total. The van der Waals surface area contributed by atoms with E-state index in [0.29, 0.717) is 13.1 Å². The van der Waals surface area contributed by atoms with Gasteiger partial charge in [-0.25, -0.2) is 9.97 Å². The number of nitrogens with one attached hydrogen (secondary N) is 1. The maximum Gasteiger partial charge on any atom is 0.292 e. The van der Waals surface area contributed by atoms with Gasteiger partial charge in [0.05, 0.1) is 11.8 Å². The highest BCUT2D eigenvalue weighted by atomic mass is 16.5. The Hall–Kier alpha value is -3.22. The Morgan fingerprint density at radius 1 is 1.21 bits per heavy atom. The highest BCUT2D eigenvalue weighted by Crippen LogP contribution is 2.44. The van der Waals surface area contributed by atoms with Gasteiger partial charge in [-0.3, -0.25) is 9.59 Å². The predicted octanol–water partition coefficient (Wildman–Crippen LogP) is 2.55. The van der Waals surface area contributed by atoms with Crippen molar-refractivity contribution < 1.29 is 9.32 Å². The first-order valence-corrected chi connectivity index (χ1v) is 9.54. The Morgan fingerprint density at radius 3 is 2.86 bits per heavy atom. The number of amides is 1. The number of carbonyl (C=O) groups is 1. The SMILES string of the molecule is O=C(c1cc(=O)[nH]o1)N1CCCC2(CCc3cnc(-c4ccccc4)nc32)C1. The van der Waals surface area contributed by atoms with Crippen LogP contribution in [-0.4, -0.2) is 39.0 Å². The lowest BCUT2D eigenvalue weighted by Gasteiger charge is -2.40. The van der Waals surface area contributed by atoms with Crippen molar-refractivity contribution in [3.8, 4) is 11.4 Å². The zero-order valence-corrected chi connectivity index (χ0v) is 15.4. The van der Waals surface area contributed by atoms with Gasteiger partial charge in [-0.2, -0.15) is 5.16 Å². The minimum Gasteiger partial charge on any atom is -0.373 e. The molecule has 1 aromatic carbocycles. The Balaban J connectivity index is 1.48. The van der Waals surface area contributed by atoms with Crippen LogP contribution in [0.3, 0.4) is 0 Å². The number of hydrogen-bond donors (Lipinski definition) is 1. The Morgan fingerprint density at radius 2 is 2.07 bits per heavy atom. The largest absolute Gasteiger partial charge is 0.373 e. The van der Waals surface area contributed by atoms with Gasteiger partial charge >= 0.3 is 0 Å². The van der Waals surface area contributed by atoms with Crippen molar-refractivity contribution in [2.45, 2.75) is 31.1 Å². The Bertz CT molecular complexity index is 1080. The number of piperidine rings is 1. The van der Waals surface area contributed by atoms with Gasteiger partial charge in [0.25, 0.3) is 11.5 Å². The summed E-state index contributed by atoms with van der Waals surface area (Å²) in [6.45, 7) is 1.24. The van der Waals surface area contributed by atoms with Crippen molar-refractivity contribution >= 4 is 5.91 Å². The summed E-state index contributed by atoms with van der Waals surface area (Å²) in [5.74, 6) is 0.539. The first-order chi connectivity index (χ1) is 13.6. The minimum absolute atomic E-state index is 0.0629. The average Bonchev–Trinajstić information content (AvgIpc) is 3.32. The second kappa shape index (κ2) is 6.44. The highest BCUT2D eigenvalue weighted by molar-refractivity contribution is 5.91. The van der Waals surface area contributed by atoms with Crippen LogP contribution in [0.1, 0.15) is 41.1 Å². The van der Waals surface area contributed by atoms with Gasteiger partial charge in [0, 0.05) is 30.3 Å². The number of aromatic amines is 1. The molecule has 5 rings (SSSR count). The molecule has 3 heterocycles. The van der Waals surface area contributed by atoms with Crippen molar-refractivity contribution in [1.29, 1.82) is 0 Å². The van der Waals surface area contributed by atoms with E-state index in [9.17, 15) is 9.59 Å². The summed E-state index contributed by atoms with van der Waals surface area (Å²) >= 11 is 0. The third-order valence-electron chi connectivity index (χ3n) is 5.87. The van der Waals surface area contributed by atoms with Crippen LogP contribution in [0.2, 0.25) is 0 Å². The summed E-state index contributed by atoms with van der Waals surface area (Å²) in [6, 6.07) is 11.2. The third kappa shape index (κ3) is 2.74. The Labute approximate surface area is 161 Å². The summed E-state index contributed by atoms with van der Waals surface area (Å²) in [6.07, 6.45) is 5.70. The van der Waals surface area contributed by atoms with Crippen LogP contribution in [0, 0.1) is 0 Å². The number of hydrogen-bond acceptors (Lipinski definition) is 5. The summed E-state index contributed by atoms with van der Waals surface area (Å²) < 4.78 is 5.02. The molecule has 1 saturated heterocycles. The summed E-state index contributed by atoms with van der Waals surface area (Å²) in [5, 5.41) is 2.19. The number of benzene rings is 1. The van der Waals surface area contributed by atoms with E-state index in [-0.39, 0.29) is 17.1 Å². The molecule has 1 atom stereocenters. The number of H-pyrrole nitrogens is 1. The molecule has 2 aromatic heterocycles. The molecule has 1 fully saturated rings. The number of carbonyl (C=O) groups excluding carboxylic acids is 1. The van der Waals surface area contributed by atoms with E-state index < -0.39 is 5.56 Å². The first-order valence-electron chi connectivity index (χ1n) is 9.54. The van der Waals surface area contributed by atoms with Crippen LogP contribution in [0.15, 0.2) is 51.9 Å².